The minimum absolute atomic E-state index is 0.170. The highest BCUT2D eigenvalue weighted by Crippen LogP contribution is 2.33. The Bertz CT molecular complexity index is 1450. The molecule has 174 valence electrons. The SMILES string of the molecule is COc1ccc(C)cc1N=C1NC(=O)/C(=C/c2ccc(OCc3cccc4ccccc34)cc2)S1. The lowest BCUT2D eigenvalue weighted by atomic mass is 10.1. The maximum absolute atomic E-state index is 12.5. The molecular weight excluding hydrogens is 456 g/mol. The number of methoxy groups -OCH3 is 1. The van der Waals surface area contributed by atoms with Crippen molar-refractivity contribution in [1.29, 1.82) is 0 Å². The third-order valence-electron chi connectivity index (χ3n) is 5.66. The lowest BCUT2D eigenvalue weighted by molar-refractivity contribution is -0.115. The van der Waals surface area contributed by atoms with Gasteiger partial charge in [0.05, 0.1) is 12.0 Å². The Morgan fingerprint density at radius 2 is 1.77 bits per heavy atom. The predicted octanol–water partition coefficient (Wildman–Crippen LogP) is 6.63. The van der Waals surface area contributed by atoms with E-state index in [4.69, 9.17) is 9.47 Å². The van der Waals surface area contributed by atoms with Crippen LogP contribution < -0.4 is 14.8 Å². The van der Waals surface area contributed by atoms with E-state index in [0.29, 0.717) is 28.1 Å². The maximum atomic E-state index is 12.5. The Labute approximate surface area is 208 Å². The van der Waals surface area contributed by atoms with E-state index in [1.165, 1.54) is 22.5 Å². The number of rotatable bonds is 6. The second kappa shape index (κ2) is 10.1. The molecule has 1 saturated heterocycles. The molecule has 0 saturated carbocycles. The third kappa shape index (κ3) is 5.23. The number of amidine groups is 1. The van der Waals surface area contributed by atoms with Crippen LogP contribution in [0.1, 0.15) is 16.7 Å². The van der Waals surface area contributed by atoms with Crippen LogP contribution in [-0.4, -0.2) is 18.2 Å². The first-order chi connectivity index (χ1) is 17.1. The number of fused-ring (bicyclic) bond motifs is 1. The summed E-state index contributed by atoms with van der Waals surface area (Å²) in [5.74, 6) is 1.27. The number of carbonyl (C=O) groups excluding carboxylic acids is 1. The van der Waals surface area contributed by atoms with Gasteiger partial charge in [-0.25, -0.2) is 4.99 Å². The maximum Gasteiger partial charge on any atom is 0.264 e. The van der Waals surface area contributed by atoms with Crippen molar-refractivity contribution in [2.24, 2.45) is 4.99 Å². The summed E-state index contributed by atoms with van der Waals surface area (Å²) in [5.41, 5.74) is 3.81. The van der Waals surface area contributed by atoms with Gasteiger partial charge in [0.2, 0.25) is 0 Å². The molecule has 0 aliphatic carbocycles. The smallest absolute Gasteiger partial charge is 0.264 e. The molecule has 5 nitrogen and oxygen atoms in total. The first kappa shape index (κ1) is 22.7. The predicted molar refractivity (Wildman–Crippen MR) is 143 cm³/mol. The second-order valence-corrected chi connectivity index (χ2v) is 9.18. The van der Waals surface area contributed by atoms with E-state index >= 15 is 0 Å². The third-order valence-corrected chi connectivity index (χ3v) is 6.57. The molecule has 1 aliphatic rings. The van der Waals surface area contributed by atoms with E-state index in [2.05, 4.69) is 34.6 Å². The number of hydrogen-bond acceptors (Lipinski definition) is 5. The highest BCUT2D eigenvalue weighted by molar-refractivity contribution is 8.18. The van der Waals surface area contributed by atoms with Gasteiger partial charge in [0.15, 0.2) is 5.17 Å². The number of nitrogens with zero attached hydrogens (tertiary/aromatic N) is 1. The molecule has 1 amide bonds. The molecule has 0 spiro atoms. The summed E-state index contributed by atoms with van der Waals surface area (Å²) < 4.78 is 11.4. The molecule has 5 rings (SSSR count). The van der Waals surface area contributed by atoms with Crippen molar-refractivity contribution in [3.05, 3.63) is 107 Å². The molecule has 4 aromatic rings. The molecule has 0 atom stereocenters. The van der Waals surface area contributed by atoms with Crippen molar-refractivity contribution in [3.8, 4) is 11.5 Å². The zero-order valence-corrected chi connectivity index (χ0v) is 20.3. The van der Waals surface area contributed by atoms with Crippen molar-refractivity contribution in [3.63, 3.8) is 0 Å². The zero-order chi connectivity index (χ0) is 24.2. The standard InChI is InChI=1S/C29H24N2O3S/c1-19-10-15-26(33-2)25(16-19)30-29-31-28(32)27(35-29)17-20-11-13-23(14-12-20)34-18-22-8-5-7-21-6-3-4-9-24(21)22/h3-17H,18H2,1-2H3,(H,30,31,32)/b27-17-. The van der Waals surface area contributed by atoms with Crippen molar-refractivity contribution < 1.29 is 14.3 Å². The van der Waals surface area contributed by atoms with Crippen LogP contribution in [0.15, 0.2) is 94.8 Å². The molecule has 0 radical (unpaired) electrons. The Morgan fingerprint density at radius 3 is 2.60 bits per heavy atom. The number of aliphatic imine (C=N–C) groups is 1. The summed E-state index contributed by atoms with van der Waals surface area (Å²) in [7, 11) is 1.61. The van der Waals surface area contributed by atoms with Crippen LogP contribution in [0.4, 0.5) is 5.69 Å². The molecule has 1 aliphatic heterocycles. The Kier molecular flexibility index (Phi) is 6.55. The number of ether oxygens (including phenoxy) is 2. The summed E-state index contributed by atoms with van der Waals surface area (Å²) in [6.07, 6.45) is 1.85. The van der Waals surface area contributed by atoms with Crippen LogP contribution in [0.25, 0.3) is 16.8 Å². The van der Waals surface area contributed by atoms with Gasteiger partial charge in [0.25, 0.3) is 5.91 Å². The molecule has 35 heavy (non-hydrogen) atoms. The fraction of sp³-hybridized carbons (Fsp3) is 0.103. The van der Waals surface area contributed by atoms with Gasteiger partial charge in [-0.2, -0.15) is 0 Å². The number of thioether (sulfide) groups is 1. The number of aryl methyl sites for hydroxylation is 1. The Hall–Kier alpha value is -4.03. The van der Waals surface area contributed by atoms with Crippen LogP contribution in [0, 0.1) is 6.92 Å². The van der Waals surface area contributed by atoms with Crippen molar-refractivity contribution in [2.45, 2.75) is 13.5 Å². The van der Waals surface area contributed by atoms with Gasteiger partial charge in [0.1, 0.15) is 23.8 Å². The monoisotopic (exact) mass is 480 g/mol. The van der Waals surface area contributed by atoms with E-state index in [-0.39, 0.29) is 5.91 Å². The number of nitrogens with one attached hydrogen (secondary N) is 1. The van der Waals surface area contributed by atoms with Crippen LogP contribution >= 0.6 is 11.8 Å². The minimum Gasteiger partial charge on any atom is -0.494 e. The van der Waals surface area contributed by atoms with Crippen LogP contribution in [0.5, 0.6) is 11.5 Å². The first-order valence-electron chi connectivity index (χ1n) is 11.2. The van der Waals surface area contributed by atoms with Gasteiger partial charge in [0, 0.05) is 0 Å². The van der Waals surface area contributed by atoms with Crippen molar-refractivity contribution in [1.82, 2.24) is 5.32 Å². The molecule has 1 N–H and O–H groups in total. The lowest BCUT2D eigenvalue weighted by Gasteiger charge is -2.09. The van der Waals surface area contributed by atoms with E-state index < -0.39 is 0 Å². The Morgan fingerprint density at radius 1 is 0.971 bits per heavy atom. The minimum atomic E-state index is -0.170. The van der Waals surface area contributed by atoms with E-state index in [1.807, 2.05) is 73.7 Å². The Balaban J connectivity index is 1.27. The topological polar surface area (TPSA) is 59.9 Å². The van der Waals surface area contributed by atoms with Gasteiger partial charge < -0.3 is 14.8 Å². The lowest BCUT2D eigenvalue weighted by Crippen LogP contribution is -2.19. The van der Waals surface area contributed by atoms with Gasteiger partial charge >= 0.3 is 0 Å². The molecule has 0 aromatic heterocycles. The van der Waals surface area contributed by atoms with E-state index in [1.54, 1.807) is 7.11 Å². The first-order valence-corrected chi connectivity index (χ1v) is 12.0. The van der Waals surface area contributed by atoms with Crippen LogP contribution in [-0.2, 0) is 11.4 Å². The second-order valence-electron chi connectivity index (χ2n) is 8.15. The molecule has 6 heteroatoms. The number of hydrogen-bond donors (Lipinski definition) is 1. The highest BCUT2D eigenvalue weighted by Gasteiger charge is 2.24. The summed E-state index contributed by atoms with van der Waals surface area (Å²) >= 11 is 1.31. The normalized spacial score (nSPS) is 15.5. The zero-order valence-electron chi connectivity index (χ0n) is 19.4. The van der Waals surface area contributed by atoms with E-state index in [0.717, 1.165) is 22.4 Å². The summed E-state index contributed by atoms with van der Waals surface area (Å²) in [6, 6.07) is 28.0. The molecule has 4 aromatic carbocycles. The molecular formula is C29H24N2O3S. The van der Waals surface area contributed by atoms with Crippen LogP contribution in [0.3, 0.4) is 0 Å². The summed E-state index contributed by atoms with van der Waals surface area (Å²) in [5, 5.41) is 5.76. The van der Waals surface area contributed by atoms with Gasteiger partial charge in [-0.05, 0) is 76.5 Å². The average Bonchev–Trinajstić information content (AvgIpc) is 3.22. The van der Waals surface area contributed by atoms with Crippen molar-refractivity contribution in [2.75, 3.05) is 7.11 Å². The fourth-order valence-corrected chi connectivity index (χ4v) is 4.70. The fourth-order valence-electron chi connectivity index (χ4n) is 3.87. The van der Waals surface area contributed by atoms with Gasteiger partial charge in [-0.15, -0.1) is 0 Å². The summed E-state index contributed by atoms with van der Waals surface area (Å²) in [4.78, 5) is 17.7. The molecule has 0 unspecified atom stereocenters. The highest BCUT2D eigenvalue weighted by atomic mass is 32.2. The molecule has 0 bridgehead atoms. The summed E-state index contributed by atoms with van der Waals surface area (Å²) in [6.45, 7) is 2.48. The quantitative estimate of drug-likeness (QED) is 0.315. The molecule has 1 heterocycles. The number of benzene rings is 4. The molecule has 1 fully saturated rings. The number of carbonyl (C=O) groups is 1. The average molecular weight is 481 g/mol. The van der Waals surface area contributed by atoms with Crippen LogP contribution in [0.2, 0.25) is 0 Å². The van der Waals surface area contributed by atoms with Crippen molar-refractivity contribution >= 4 is 45.4 Å². The largest absolute Gasteiger partial charge is 0.494 e. The number of amides is 1. The van der Waals surface area contributed by atoms with Gasteiger partial charge in [-0.3, -0.25) is 4.79 Å². The van der Waals surface area contributed by atoms with E-state index in [9.17, 15) is 4.79 Å². The van der Waals surface area contributed by atoms with Gasteiger partial charge in [-0.1, -0.05) is 60.7 Å².